The van der Waals surface area contributed by atoms with Crippen LogP contribution in [0.5, 0.6) is 0 Å². The van der Waals surface area contributed by atoms with Crippen molar-refractivity contribution in [2.24, 2.45) is 0 Å². The molecule has 0 unspecified atom stereocenters. The van der Waals surface area contributed by atoms with E-state index in [1.165, 1.54) is 16.8 Å². The monoisotopic (exact) mass is 383 g/mol. The normalized spacial score (nSPS) is 13.0. The van der Waals surface area contributed by atoms with Gasteiger partial charge in [-0.25, -0.2) is 9.67 Å². The zero-order chi connectivity index (χ0) is 19.1. The highest BCUT2D eigenvalue weighted by molar-refractivity contribution is 6.31. The van der Waals surface area contributed by atoms with Crippen LogP contribution >= 0.6 is 11.6 Å². The van der Waals surface area contributed by atoms with Gasteiger partial charge in [-0.1, -0.05) is 29.8 Å². The molecule has 1 atom stereocenters. The number of rotatable bonds is 3. The Morgan fingerprint density at radius 3 is 2.62 bits per heavy atom. The van der Waals surface area contributed by atoms with Crippen LogP contribution in [0.2, 0.25) is 5.02 Å². The number of aromatic amines is 1. The quantitative estimate of drug-likeness (QED) is 0.751. The van der Waals surface area contributed by atoms with E-state index in [1.54, 1.807) is 20.0 Å². The van der Waals surface area contributed by atoms with Gasteiger partial charge in [-0.3, -0.25) is 4.79 Å². The first-order valence-electron chi connectivity index (χ1n) is 7.52. The number of alkyl halides is 3. The van der Waals surface area contributed by atoms with Crippen molar-refractivity contribution in [3.05, 3.63) is 68.5 Å². The standard InChI is InChI=1S/C16H13ClF3N5O/c1-8(11-4-3-10(5-12(11)17)16(18,19)20)13-7-25(24-23-13)14-6-15(26)22-9(2)21-14/h3-8H,1-2H3,(H,21,22,26)/t8-/m1/s1. The first-order chi connectivity index (χ1) is 12.1. The number of H-pyrrole nitrogens is 1. The zero-order valence-corrected chi connectivity index (χ0v) is 14.4. The van der Waals surface area contributed by atoms with Crippen molar-refractivity contribution in [3.8, 4) is 5.82 Å². The van der Waals surface area contributed by atoms with E-state index in [1.807, 2.05) is 0 Å². The average molecular weight is 384 g/mol. The maximum absolute atomic E-state index is 12.8. The summed E-state index contributed by atoms with van der Waals surface area (Å²) in [5, 5.41) is 7.94. The molecule has 26 heavy (non-hydrogen) atoms. The van der Waals surface area contributed by atoms with Gasteiger partial charge in [-0.15, -0.1) is 5.10 Å². The minimum atomic E-state index is -4.46. The molecule has 0 spiro atoms. The number of aromatic nitrogens is 5. The van der Waals surface area contributed by atoms with Crippen LogP contribution < -0.4 is 5.56 Å². The van der Waals surface area contributed by atoms with Crippen molar-refractivity contribution in [2.75, 3.05) is 0 Å². The number of aryl methyl sites for hydroxylation is 1. The van der Waals surface area contributed by atoms with E-state index >= 15 is 0 Å². The molecule has 136 valence electrons. The maximum Gasteiger partial charge on any atom is 0.416 e. The number of benzene rings is 1. The molecule has 0 saturated heterocycles. The van der Waals surface area contributed by atoms with Crippen molar-refractivity contribution in [3.63, 3.8) is 0 Å². The largest absolute Gasteiger partial charge is 0.416 e. The van der Waals surface area contributed by atoms with Gasteiger partial charge in [0, 0.05) is 17.0 Å². The topological polar surface area (TPSA) is 76.5 Å². The van der Waals surface area contributed by atoms with Crippen LogP contribution in [0.25, 0.3) is 5.82 Å². The molecule has 0 aliphatic rings. The highest BCUT2D eigenvalue weighted by Crippen LogP contribution is 2.35. The summed E-state index contributed by atoms with van der Waals surface area (Å²) >= 11 is 6.03. The minimum Gasteiger partial charge on any atom is -0.311 e. The molecule has 1 N–H and O–H groups in total. The third kappa shape index (κ3) is 3.62. The average Bonchev–Trinajstić information content (AvgIpc) is 3.02. The fraction of sp³-hybridized carbons (Fsp3) is 0.250. The van der Waals surface area contributed by atoms with Crippen molar-refractivity contribution in [1.29, 1.82) is 0 Å². The first-order valence-corrected chi connectivity index (χ1v) is 7.90. The summed E-state index contributed by atoms with van der Waals surface area (Å²) in [6.45, 7) is 3.38. The number of nitrogens with one attached hydrogen (secondary N) is 1. The Morgan fingerprint density at radius 2 is 2.00 bits per heavy atom. The van der Waals surface area contributed by atoms with E-state index in [0.717, 1.165) is 12.1 Å². The van der Waals surface area contributed by atoms with Crippen LogP contribution in [-0.4, -0.2) is 25.0 Å². The van der Waals surface area contributed by atoms with Crippen molar-refractivity contribution >= 4 is 11.6 Å². The van der Waals surface area contributed by atoms with E-state index in [4.69, 9.17) is 11.6 Å². The summed E-state index contributed by atoms with van der Waals surface area (Å²) in [4.78, 5) is 18.2. The molecular formula is C16H13ClF3N5O. The Morgan fingerprint density at radius 1 is 1.27 bits per heavy atom. The maximum atomic E-state index is 12.8. The third-order valence-electron chi connectivity index (χ3n) is 3.83. The summed E-state index contributed by atoms with van der Waals surface area (Å²) < 4.78 is 39.6. The second-order valence-corrected chi connectivity index (χ2v) is 6.14. The Bertz CT molecular complexity index is 1010. The van der Waals surface area contributed by atoms with Gasteiger partial charge in [-0.05, 0) is 24.6 Å². The Kier molecular flexibility index (Phi) is 4.57. The third-order valence-corrected chi connectivity index (χ3v) is 4.16. The van der Waals surface area contributed by atoms with Gasteiger partial charge in [0.05, 0.1) is 17.5 Å². The fourth-order valence-electron chi connectivity index (χ4n) is 2.48. The predicted molar refractivity (Wildman–Crippen MR) is 88.5 cm³/mol. The van der Waals surface area contributed by atoms with E-state index in [0.29, 0.717) is 17.1 Å². The zero-order valence-electron chi connectivity index (χ0n) is 13.7. The fourth-order valence-corrected chi connectivity index (χ4v) is 2.83. The molecule has 3 aromatic rings. The van der Waals surface area contributed by atoms with Crippen LogP contribution in [0, 0.1) is 6.92 Å². The van der Waals surface area contributed by atoms with Crippen LogP contribution in [0.15, 0.2) is 35.3 Å². The van der Waals surface area contributed by atoms with Gasteiger partial charge in [0.25, 0.3) is 5.56 Å². The molecule has 0 radical (unpaired) electrons. The number of halogens is 4. The van der Waals surface area contributed by atoms with Crippen LogP contribution in [0.1, 0.15) is 35.5 Å². The second kappa shape index (κ2) is 6.56. The van der Waals surface area contributed by atoms with Gasteiger partial charge in [0.2, 0.25) is 0 Å². The molecule has 3 rings (SSSR count). The van der Waals surface area contributed by atoms with Crippen LogP contribution in [0.4, 0.5) is 13.2 Å². The Balaban J connectivity index is 1.93. The van der Waals surface area contributed by atoms with E-state index < -0.39 is 17.7 Å². The lowest BCUT2D eigenvalue weighted by Gasteiger charge is -2.13. The SMILES string of the molecule is Cc1nc(-n2cc([C@H](C)c3ccc(C(F)(F)F)cc3Cl)nn2)cc(=O)[nH]1. The summed E-state index contributed by atoms with van der Waals surface area (Å²) in [7, 11) is 0. The molecule has 0 saturated carbocycles. The minimum absolute atomic E-state index is 0.00741. The van der Waals surface area contributed by atoms with Gasteiger partial charge >= 0.3 is 6.18 Å². The van der Waals surface area contributed by atoms with Gasteiger partial charge < -0.3 is 4.98 Å². The molecular weight excluding hydrogens is 371 g/mol. The van der Waals surface area contributed by atoms with Gasteiger partial charge in [0.1, 0.15) is 5.82 Å². The molecule has 0 fully saturated rings. The Labute approximate surface area is 150 Å². The molecule has 6 nitrogen and oxygen atoms in total. The molecule has 10 heteroatoms. The van der Waals surface area contributed by atoms with Gasteiger partial charge in [-0.2, -0.15) is 13.2 Å². The molecule has 2 heterocycles. The first kappa shape index (κ1) is 18.1. The van der Waals surface area contributed by atoms with E-state index in [2.05, 4.69) is 20.3 Å². The number of nitrogens with zero attached hydrogens (tertiary/aromatic N) is 4. The summed E-state index contributed by atoms with van der Waals surface area (Å²) in [5.74, 6) is 0.306. The molecule has 0 aliphatic carbocycles. The Hall–Kier alpha value is -2.68. The van der Waals surface area contributed by atoms with Crippen molar-refractivity contribution in [1.82, 2.24) is 25.0 Å². The van der Waals surface area contributed by atoms with Crippen molar-refractivity contribution in [2.45, 2.75) is 25.9 Å². The van der Waals surface area contributed by atoms with E-state index in [-0.39, 0.29) is 16.4 Å². The second-order valence-electron chi connectivity index (χ2n) is 5.73. The van der Waals surface area contributed by atoms with Gasteiger partial charge in [0.15, 0.2) is 5.82 Å². The molecule has 2 aromatic heterocycles. The molecule has 1 aromatic carbocycles. The predicted octanol–water partition coefficient (Wildman–Crippen LogP) is 3.48. The molecule has 0 aliphatic heterocycles. The number of hydrogen-bond acceptors (Lipinski definition) is 4. The summed E-state index contributed by atoms with van der Waals surface area (Å²) in [5.41, 5.74) is -0.179. The smallest absolute Gasteiger partial charge is 0.311 e. The summed E-state index contributed by atoms with van der Waals surface area (Å²) in [6.07, 6.45) is -2.90. The molecule has 0 bridgehead atoms. The number of hydrogen-bond donors (Lipinski definition) is 1. The molecule has 0 amide bonds. The van der Waals surface area contributed by atoms with E-state index in [9.17, 15) is 18.0 Å². The lowest BCUT2D eigenvalue weighted by atomic mass is 9.97. The summed E-state index contributed by atoms with van der Waals surface area (Å²) in [6, 6.07) is 4.45. The highest BCUT2D eigenvalue weighted by atomic mass is 35.5. The van der Waals surface area contributed by atoms with Crippen LogP contribution in [-0.2, 0) is 6.18 Å². The highest BCUT2D eigenvalue weighted by Gasteiger charge is 2.31. The lowest BCUT2D eigenvalue weighted by molar-refractivity contribution is -0.137. The lowest BCUT2D eigenvalue weighted by Crippen LogP contribution is -2.12. The van der Waals surface area contributed by atoms with Crippen LogP contribution in [0.3, 0.4) is 0 Å². The van der Waals surface area contributed by atoms with Crippen molar-refractivity contribution < 1.29 is 13.2 Å².